The van der Waals surface area contributed by atoms with Crippen molar-refractivity contribution in [2.75, 3.05) is 31.5 Å². The fourth-order valence-electron chi connectivity index (χ4n) is 4.68. The lowest BCUT2D eigenvalue weighted by atomic mass is 9.99. The van der Waals surface area contributed by atoms with Crippen molar-refractivity contribution in [3.8, 4) is 5.75 Å². The van der Waals surface area contributed by atoms with E-state index in [1.54, 1.807) is 6.92 Å². The molecule has 1 aromatic heterocycles. The van der Waals surface area contributed by atoms with E-state index in [2.05, 4.69) is 9.88 Å². The first-order valence-electron chi connectivity index (χ1n) is 13.1. The molecule has 1 aliphatic heterocycles. The number of sulfonamides is 2. The molecule has 0 bridgehead atoms. The first-order chi connectivity index (χ1) is 19.6. The normalized spacial score (nSPS) is 18.7. The summed E-state index contributed by atoms with van der Waals surface area (Å²) in [6, 6.07) is 7.80. The Bertz CT molecular complexity index is 1660. The molecule has 0 saturated carbocycles. The summed E-state index contributed by atoms with van der Waals surface area (Å²) in [5.74, 6) is -1.21. The second-order valence-corrected chi connectivity index (χ2v) is 14.0. The van der Waals surface area contributed by atoms with Crippen LogP contribution in [0.5, 0.6) is 5.75 Å². The highest BCUT2D eigenvalue weighted by Crippen LogP contribution is 2.32. The van der Waals surface area contributed by atoms with E-state index in [1.165, 1.54) is 44.0 Å². The van der Waals surface area contributed by atoms with Crippen LogP contribution in [0, 0.1) is 25.6 Å². The number of benzene rings is 2. The lowest BCUT2D eigenvalue weighted by molar-refractivity contribution is 0.0387. The third-order valence-corrected chi connectivity index (χ3v) is 10.6. The molecule has 2 N–H and O–H groups in total. The van der Waals surface area contributed by atoms with Crippen molar-refractivity contribution in [1.82, 2.24) is 14.4 Å². The minimum absolute atomic E-state index is 0.0164. The maximum Gasteiger partial charge on any atom is 0.261 e. The zero-order chi connectivity index (χ0) is 31.0. The first kappa shape index (κ1) is 31.4. The average Bonchev–Trinajstić information content (AvgIpc) is 3.28. The number of nitrogens with zero attached hydrogens (tertiary/aromatic N) is 3. The van der Waals surface area contributed by atoms with E-state index in [0.717, 1.165) is 28.6 Å². The van der Waals surface area contributed by atoms with Crippen LogP contribution in [0.25, 0.3) is 0 Å². The number of fused-ring (bicyclic) bond motifs is 1. The van der Waals surface area contributed by atoms with E-state index in [1.807, 2.05) is 6.92 Å². The number of anilines is 1. The van der Waals surface area contributed by atoms with Gasteiger partial charge in [0.2, 0.25) is 10.0 Å². The van der Waals surface area contributed by atoms with Crippen molar-refractivity contribution in [1.29, 1.82) is 0 Å². The summed E-state index contributed by atoms with van der Waals surface area (Å²) in [6.45, 7) is 6.20. The number of aryl methyl sites for hydroxylation is 2. The van der Waals surface area contributed by atoms with Gasteiger partial charge in [-0.2, -0.15) is 4.31 Å². The second-order valence-electron chi connectivity index (χ2n) is 10.3. The van der Waals surface area contributed by atoms with Gasteiger partial charge in [0.05, 0.1) is 29.7 Å². The van der Waals surface area contributed by atoms with Crippen LogP contribution in [0.1, 0.15) is 35.7 Å². The number of carbonyl (C=O) groups excluding carboxylic acids is 1. The van der Waals surface area contributed by atoms with Gasteiger partial charge in [-0.3, -0.25) is 9.52 Å². The van der Waals surface area contributed by atoms with Crippen LogP contribution in [0.4, 0.5) is 10.1 Å². The monoisotopic (exact) mass is 624 g/mol. The molecule has 0 saturated heterocycles. The lowest BCUT2D eigenvalue weighted by Gasteiger charge is -2.38. The topological polar surface area (TPSA) is 159 Å². The Labute approximate surface area is 244 Å². The molecule has 12 nitrogen and oxygen atoms in total. The minimum atomic E-state index is -4.11. The summed E-state index contributed by atoms with van der Waals surface area (Å²) < 4.78 is 80.7. The zero-order valence-corrected chi connectivity index (χ0v) is 25.4. The Kier molecular flexibility index (Phi) is 8.97. The van der Waals surface area contributed by atoms with Crippen molar-refractivity contribution in [2.45, 2.75) is 49.6 Å². The third kappa shape index (κ3) is 6.28. The SMILES string of the molecule is Cc1noc(C)c1S(=O)(=O)N(C)C[C@H]1Oc2ccc(NS(=O)(=O)c3ccc(F)cc3)cc2C(=O)N([C@H](C)CO)C[C@@H]1C. The zero-order valence-electron chi connectivity index (χ0n) is 23.7. The molecule has 2 heterocycles. The maximum atomic E-state index is 13.7. The number of carbonyl (C=O) groups is 1. The molecular formula is C27H33FN4O8S2. The van der Waals surface area contributed by atoms with Gasteiger partial charge in [0.1, 0.15) is 28.3 Å². The number of halogens is 1. The second kappa shape index (κ2) is 12.0. The van der Waals surface area contributed by atoms with E-state index >= 15 is 0 Å². The highest BCUT2D eigenvalue weighted by Gasteiger charge is 2.37. The fourth-order valence-corrected chi connectivity index (χ4v) is 7.20. The molecule has 0 unspecified atom stereocenters. The molecule has 2 aromatic carbocycles. The predicted molar refractivity (Wildman–Crippen MR) is 151 cm³/mol. The van der Waals surface area contributed by atoms with Crippen LogP contribution in [0.15, 0.2) is 56.8 Å². The standard InChI is InChI=1S/C27H33FN4O8S2/c1-16-13-32(17(2)15-33)27(34)23-12-21(30-41(35,36)22-9-6-20(28)7-10-22)8-11-24(23)39-25(16)14-31(5)42(37,38)26-18(3)29-40-19(26)4/h6-12,16-17,25,30,33H,13-15H2,1-5H3/t16-,17+,25+/m0/s1. The van der Waals surface area contributed by atoms with Crippen molar-refractivity contribution >= 4 is 31.6 Å². The predicted octanol–water partition coefficient (Wildman–Crippen LogP) is 2.77. The molecule has 3 aromatic rings. The van der Waals surface area contributed by atoms with Gasteiger partial charge in [0, 0.05) is 25.2 Å². The molecule has 0 aliphatic carbocycles. The van der Waals surface area contributed by atoms with Gasteiger partial charge in [-0.05, 0) is 63.2 Å². The molecule has 1 aliphatic rings. The van der Waals surface area contributed by atoms with Gasteiger partial charge >= 0.3 is 0 Å². The van der Waals surface area contributed by atoms with Crippen molar-refractivity contribution in [3.63, 3.8) is 0 Å². The number of nitrogens with one attached hydrogen (secondary N) is 1. The van der Waals surface area contributed by atoms with Crippen LogP contribution in [-0.4, -0.2) is 81.1 Å². The molecule has 4 rings (SSSR count). The summed E-state index contributed by atoms with van der Waals surface area (Å²) in [7, 11) is -6.71. The van der Waals surface area contributed by atoms with Crippen molar-refractivity contribution in [2.24, 2.45) is 5.92 Å². The number of amides is 1. The number of aromatic nitrogens is 1. The maximum absolute atomic E-state index is 13.7. The molecule has 228 valence electrons. The Morgan fingerprint density at radius 3 is 2.43 bits per heavy atom. The number of aliphatic hydroxyl groups is 1. The number of hydrogen-bond donors (Lipinski definition) is 2. The fraction of sp³-hybridized carbons (Fsp3) is 0.407. The van der Waals surface area contributed by atoms with E-state index in [4.69, 9.17) is 9.26 Å². The molecule has 0 radical (unpaired) electrons. The summed E-state index contributed by atoms with van der Waals surface area (Å²) in [4.78, 5) is 14.9. The van der Waals surface area contributed by atoms with E-state index < -0.39 is 43.9 Å². The van der Waals surface area contributed by atoms with Crippen LogP contribution < -0.4 is 9.46 Å². The number of aliphatic hydroxyl groups excluding tert-OH is 1. The van der Waals surface area contributed by atoms with Gasteiger partial charge in [-0.25, -0.2) is 21.2 Å². The lowest BCUT2D eigenvalue weighted by Crippen LogP contribution is -2.50. The van der Waals surface area contributed by atoms with Gasteiger partial charge in [0.15, 0.2) is 5.76 Å². The number of ether oxygens (including phenoxy) is 1. The van der Waals surface area contributed by atoms with E-state index in [-0.39, 0.29) is 63.9 Å². The van der Waals surface area contributed by atoms with Gasteiger partial charge in [-0.1, -0.05) is 12.1 Å². The summed E-state index contributed by atoms with van der Waals surface area (Å²) in [5.41, 5.74) is 0.290. The molecule has 42 heavy (non-hydrogen) atoms. The van der Waals surface area contributed by atoms with Gasteiger partial charge in [0.25, 0.3) is 15.9 Å². The quantitative estimate of drug-likeness (QED) is 0.365. The van der Waals surface area contributed by atoms with E-state index in [0.29, 0.717) is 0 Å². The molecule has 1 amide bonds. The Balaban J connectivity index is 1.69. The Morgan fingerprint density at radius 2 is 1.83 bits per heavy atom. The van der Waals surface area contributed by atoms with Crippen LogP contribution in [0.3, 0.4) is 0 Å². The first-order valence-corrected chi connectivity index (χ1v) is 16.0. The largest absolute Gasteiger partial charge is 0.488 e. The molecule has 3 atom stereocenters. The van der Waals surface area contributed by atoms with Gasteiger partial charge < -0.3 is 19.3 Å². The molecule has 0 spiro atoms. The van der Waals surface area contributed by atoms with Crippen LogP contribution >= 0.6 is 0 Å². The van der Waals surface area contributed by atoms with Gasteiger partial charge in [-0.15, -0.1) is 0 Å². The molecule has 0 fully saturated rings. The Hall–Kier alpha value is -3.53. The van der Waals surface area contributed by atoms with Crippen molar-refractivity contribution in [3.05, 3.63) is 65.3 Å². The summed E-state index contributed by atoms with van der Waals surface area (Å²) >= 11 is 0. The molecule has 15 heteroatoms. The average molecular weight is 625 g/mol. The Morgan fingerprint density at radius 1 is 1.17 bits per heavy atom. The highest BCUT2D eigenvalue weighted by atomic mass is 32.2. The van der Waals surface area contributed by atoms with E-state index in [9.17, 15) is 31.1 Å². The smallest absolute Gasteiger partial charge is 0.261 e. The highest BCUT2D eigenvalue weighted by molar-refractivity contribution is 7.92. The van der Waals surface area contributed by atoms with Crippen molar-refractivity contribution < 1.29 is 40.4 Å². The van der Waals surface area contributed by atoms with Crippen LogP contribution in [0.2, 0.25) is 0 Å². The number of rotatable bonds is 9. The third-order valence-electron chi connectivity index (χ3n) is 7.11. The summed E-state index contributed by atoms with van der Waals surface area (Å²) in [5, 5.41) is 13.6. The number of likely N-dealkylation sites (N-methyl/N-ethyl adjacent to an activating group) is 1. The van der Waals surface area contributed by atoms with Crippen LogP contribution in [-0.2, 0) is 20.0 Å². The minimum Gasteiger partial charge on any atom is -0.488 e. The summed E-state index contributed by atoms with van der Waals surface area (Å²) in [6.07, 6.45) is -0.743. The number of hydrogen-bond acceptors (Lipinski definition) is 9. The molecular weight excluding hydrogens is 591 g/mol.